The molecule has 0 atom stereocenters. The van der Waals surface area contributed by atoms with Crippen molar-refractivity contribution in [3.63, 3.8) is 0 Å². The molecule has 0 saturated carbocycles. The van der Waals surface area contributed by atoms with Gasteiger partial charge in [0.05, 0.1) is 0 Å². The van der Waals surface area contributed by atoms with Crippen LogP contribution in [-0.4, -0.2) is 12.6 Å². The Morgan fingerprint density at radius 2 is 2.07 bits per heavy atom. The SMILES string of the molecule is O=C1C=C(c2ccc(F)cc2F)CO1. The van der Waals surface area contributed by atoms with Crippen LogP contribution in [0.3, 0.4) is 0 Å². The summed E-state index contributed by atoms with van der Waals surface area (Å²) in [6, 6.07) is 3.21. The van der Waals surface area contributed by atoms with E-state index in [9.17, 15) is 13.6 Å². The third-order valence-corrected chi connectivity index (χ3v) is 1.94. The molecule has 0 unspecified atom stereocenters. The summed E-state index contributed by atoms with van der Waals surface area (Å²) >= 11 is 0. The first-order valence-electron chi connectivity index (χ1n) is 3.99. The summed E-state index contributed by atoms with van der Waals surface area (Å²) < 4.78 is 30.3. The van der Waals surface area contributed by atoms with Crippen molar-refractivity contribution < 1.29 is 18.3 Å². The zero-order chi connectivity index (χ0) is 10.1. The predicted molar refractivity (Wildman–Crippen MR) is 45.3 cm³/mol. The molecule has 0 saturated heterocycles. The number of rotatable bonds is 1. The molecule has 1 aromatic rings. The van der Waals surface area contributed by atoms with Gasteiger partial charge in [-0.15, -0.1) is 0 Å². The Morgan fingerprint density at radius 3 is 2.64 bits per heavy atom. The van der Waals surface area contributed by atoms with Crippen molar-refractivity contribution in [3.8, 4) is 0 Å². The van der Waals surface area contributed by atoms with Gasteiger partial charge in [0.25, 0.3) is 0 Å². The summed E-state index contributed by atoms with van der Waals surface area (Å²) in [7, 11) is 0. The van der Waals surface area contributed by atoms with E-state index in [0.717, 1.165) is 12.1 Å². The molecule has 1 aliphatic heterocycles. The lowest BCUT2D eigenvalue weighted by Gasteiger charge is -2.01. The first kappa shape index (κ1) is 8.87. The maximum Gasteiger partial charge on any atom is 0.331 e. The van der Waals surface area contributed by atoms with Gasteiger partial charge in [-0.05, 0) is 12.1 Å². The second kappa shape index (κ2) is 3.21. The van der Waals surface area contributed by atoms with Crippen molar-refractivity contribution in [1.82, 2.24) is 0 Å². The molecule has 4 heteroatoms. The van der Waals surface area contributed by atoms with Gasteiger partial charge in [-0.1, -0.05) is 0 Å². The number of benzene rings is 1. The molecule has 1 aromatic carbocycles. The van der Waals surface area contributed by atoms with Gasteiger partial charge in [-0.3, -0.25) is 0 Å². The second-order valence-electron chi connectivity index (χ2n) is 2.90. The van der Waals surface area contributed by atoms with Crippen molar-refractivity contribution in [1.29, 1.82) is 0 Å². The fourth-order valence-electron chi connectivity index (χ4n) is 1.28. The van der Waals surface area contributed by atoms with Gasteiger partial charge in [-0.2, -0.15) is 0 Å². The van der Waals surface area contributed by atoms with Crippen molar-refractivity contribution in [2.24, 2.45) is 0 Å². The number of cyclic esters (lactones) is 1. The van der Waals surface area contributed by atoms with Crippen molar-refractivity contribution in [2.45, 2.75) is 0 Å². The molecule has 0 N–H and O–H groups in total. The van der Waals surface area contributed by atoms with Crippen LogP contribution >= 0.6 is 0 Å². The van der Waals surface area contributed by atoms with Gasteiger partial charge < -0.3 is 4.74 Å². The lowest BCUT2D eigenvalue weighted by atomic mass is 10.1. The van der Waals surface area contributed by atoms with E-state index in [1.165, 1.54) is 12.1 Å². The molecule has 72 valence electrons. The third-order valence-electron chi connectivity index (χ3n) is 1.94. The monoisotopic (exact) mass is 196 g/mol. The Kier molecular flexibility index (Phi) is 2.04. The highest BCUT2D eigenvalue weighted by Gasteiger charge is 2.17. The lowest BCUT2D eigenvalue weighted by Crippen LogP contribution is -1.94. The van der Waals surface area contributed by atoms with Crippen molar-refractivity contribution in [3.05, 3.63) is 41.5 Å². The van der Waals surface area contributed by atoms with Gasteiger partial charge in [0.1, 0.15) is 18.2 Å². The molecule has 0 bridgehead atoms. The first-order valence-corrected chi connectivity index (χ1v) is 3.99. The van der Waals surface area contributed by atoms with E-state index in [4.69, 9.17) is 0 Å². The van der Waals surface area contributed by atoms with E-state index in [0.29, 0.717) is 5.57 Å². The van der Waals surface area contributed by atoms with E-state index in [1.807, 2.05) is 0 Å². The Hall–Kier alpha value is -1.71. The summed E-state index contributed by atoms with van der Waals surface area (Å²) in [5.74, 6) is -1.82. The van der Waals surface area contributed by atoms with Crippen molar-refractivity contribution >= 4 is 11.5 Å². The van der Waals surface area contributed by atoms with Crippen LogP contribution in [0.2, 0.25) is 0 Å². The van der Waals surface area contributed by atoms with Crippen LogP contribution in [0.25, 0.3) is 5.57 Å². The molecular weight excluding hydrogens is 190 g/mol. The molecule has 0 spiro atoms. The molecule has 0 amide bonds. The Bertz CT molecular complexity index is 424. The van der Waals surface area contributed by atoms with E-state index < -0.39 is 17.6 Å². The number of hydrogen-bond acceptors (Lipinski definition) is 2. The number of carbonyl (C=O) groups excluding carboxylic acids is 1. The van der Waals surface area contributed by atoms with E-state index >= 15 is 0 Å². The van der Waals surface area contributed by atoms with Crippen LogP contribution in [-0.2, 0) is 9.53 Å². The molecule has 1 aliphatic rings. The second-order valence-corrected chi connectivity index (χ2v) is 2.90. The zero-order valence-electron chi connectivity index (χ0n) is 7.09. The van der Waals surface area contributed by atoms with E-state index in [2.05, 4.69) is 4.74 Å². The maximum absolute atomic E-state index is 13.2. The maximum atomic E-state index is 13.2. The molecular formula is C10H6F2O2. The van der Waals surface area contributed by atoms with Gasteiger partial charge >= 0.3 is 5.97 Å². The fraction of sp³-hybridized carbons (Fsp3) is 0.100. The average molecular weight is 196 g/mol. The Morgan fingerprint density at radius 1 is 1.29 bits per heavy atom. The minimum absolute atomic E-state index is 0.0430. The third kappa shape index (κ3) is 1.51. The minimum atomic E-state index is -0.686. The standard InChI is InChI=1S/C10H6F2O2/c11-7-1-2-8(9(12)4-7)6-3-10(13)14-5-6/h1-4H,5H2. The zero-order valence-corrected chi connectivity index (χ0v) is 7.09. The van der Waals surface area contributed by atoms with Gasteiger partial charge in [-0.25, -0.2) is 13.6 Å². The molecule has 0 fully saturated rings. The highest BCUT2D eigenvalue weighted by Crippen LogP contribution is 2.22. The number of halogens is 2. The summed E-state index contributed by atoms with van der Waals surface area (Å²) in [5, 5.41) is 0. The number of esters is 1. The highest BCUT2D eigenvalue weighted by molar-refractivity contribution is 5.95. The topological polar surface area (TPSA) is 26.3 Å². The summed E-state index contributed by atoms with van der Waals surface area (Å²) in [4.78, 5) is 10.7. The fourth-order valence-corrected chi connectivity index (χ4v) is 1.28. The Labute approximate surface area is 78.8 Å². The molecule has 1 heterocycles. The molecule has 14 heavy (non-hydrogen) atoms. The van der Waals surface area contributed by atoms with Gasteiger partial charge in [0.2, 0.25) is 0 Å². The molecule has 2 nitrogen and oxygen atoms in total. The smallest absolute Gasteiger partial charge is 0.331 e. The van der Waals surface area contributed by atoms with Crippen LogP contribution < -0.4 is 0 Å². The van der Waals surface area contributed by atoms with Crippen LogP contribution in [0.4, 0.5) is 8.78 Å². The van der Waals surface area contributed by atoms with Gasteiger partial charge in [0, 0.05) is 23.3 Å². The number of carbonyl (C=O) groups is 1. The summed E-state index contributed by atoms with van der Waals surface area (Å²) in [6.45, 7) is 0.0430. The lowest BCUT2D eigenvalue weighted by molar-refractivity contribution is -0.134. The van der Waals surface area contributed by atoms with E-state index in [1.54, 1.807) is 0 Å². The van der Waals surface area contributed by atoms with E-state index in [-0.39, 0.29) is 12.2 Å². The molecule has 0 radical (unpaired) electrons. The van der Waals surface area contributed by atoms with Crippen LogP contribution in [0.5, 0.6) is 0 Å². The van der Waals surface area contributed by atoms with Crippen molar-refractivity contribution in [2.75, 3.05) is 6.61 Å². The predicted octanol–water partition coefficient (Wildman–Crippen LogP) is 1.90. The van der Waals surface area contributed by atoms with Crippen LogP contribution in [0.1, 0.15) is 5.56 Å². The summed E-state index contributed by atoms with van der Waals surface area (Å²) in [6.07, 6.45) is 1.20. The van der Waals surface area contributed by atoms with Crippen LogP contribution in [0, 0.1) is 11.6 Å². The average Bonchev–Trinajstić information content (AvgIpc) is 2.51. The quantitative estimate of drug-likeness (QED) is 0.641. The van der Waals surface area contributed by atoms with Crippen LogP contribution in [0.15, 0.2) is 24.3 Å². The Balaban J connectivity index is 2.42. The van der Waals surface area contributed by atoms with Gasteiger partial charge in [0.15, 0.2) is 0 Å². The highest BCUT2D eigenvalue weighted by atomic mass is 19.1. The first-order chi connectivity index (χ1) is 6.66. The number of hydrogen-bond donors (Lipinski definition) is 0. The number of ether oxygens (including phenoxy) is 1. The molecule has 0 aliphatic carbocycles. The molecule has 0 aromatic heterocycles. The molecule has 2 rings (SSSR count). The minimum Gasteiger partial charge on any atom is -0.458 e. The summed E-state index contributed by atoms with van der Waals surface area (Å²) in [5.41, 5.74) is 0.643. The largest absolute Gasteiger partial charge is 0.458 e. The normalized spacial score (nSPS) is 15.3.